The summed E-state index contributed by atoms with van der Waals surface area (Å²) in [6, 6.07) is 3.43. The number of esters is 1. The second-order valence-corrected chi connectivity index (χ2v) is 6.05. The molecule has 2 aromatic rings. The Labute approximate surface area is 167 Å². The third-order valence-corrected chi connectivity index (χ3v) is 4.50. The number of aromatic nitrogens is 1. The van der Waals surface area contributed by atoms with Gasteiger partial charge in [-0.1, -0.05) is 11.6 Å². The van der Waals surface area contributed by atoms with E-state index in [1.807, 2.05) is 0 Å². The van der Waals surface area contributed by atoms with Crippen LogP contribution < -0.4 is 25.3 Å². The van der Waals surface area contributed by atoms with Crippen molar-refractivity contribution in [2.45, 2.75) is 12.8 Å². The molecule has 1 aromatic carbocycles. The molecule has 0 bridgehead atoms. The number of carbonyl (C=O) groups is 1. The first-order chi connectivity index (χ1) is 13.4. The number of carbonyl (C=O) groups excluding carboxylic acids is 1. The zero-order valence-corrected chi connectivity index (χ0v) is 16.8. The molecule has 154 valence electrons. The molecule has 2 rings (SSSR count). The second kappa shape index (κ2) is 9.65. The van der Waals surface area contributed by atoms with Gasteiger partial charge in [-0.3, -0.25) is 5.32 Å². The van der Waals surface area contributed by atoms with Crippen LogP contribution >= 0.6 is 11.6 Å². The van der Waals surface area contributed by atoms with Gasteiger partial charge in [0.15, 0.2) is 11.5 Å². The molecule has 5 N–H and O–H groups in total. The molecule has 9 nitrogen and oxygen atoms in total. The predicted octanol–water partition coefficient (Wildman–Crippen LogP) is 1.51. The first-order valence-corrected chi connectivity index (χ1v) is 8.70. The molecule has 0 aliphatic heterocycles. The van der Waals surface area contributed by atoms with E-state index in [9.17, 15) is 9.90 Å². The number of nitrogens with two attached hydrogens (primary N) is 1. The van der Waals surface area contributed by atoms with E-state index >= 15 is 0 Å². The van der Waals surface area contributed by atoms with Crippen molar-refractivity contribution in [3.05, 3.63) is 28.5 Å². The number of hydrogen-bond donors (Lipinski definition) is 4. The maximum atomic E-state index is 12.1. The number of aromatic amines is 1. The number of benzene rings is 1. The average molecular weight is 414 g/mol. The molecule has 0 amide bonds. The van der Waals surface area contributed by atoms with Gasteiger partial charge in [0.25, 0.3) is 0 Å². The Balaban J connectivity index is 2.69. The van der Waals surface area contributed by atoms with Crippen LogP contribution in [0.15, 0.2) is 12.1 Å². The minimum atomic E-state index is -0.927. The van der Waals surface area contributed by atoms with Crippen LogP contribution in [-0.4, -0.2) is 57.3 Å². The Bertz CT molecular complexity index is 839. The summed E-state index contributed by atoms with van der Waals surface area (Å²) in [5.41, 5.74) is 7.10. The Kier molecular flexibility index (Phi) is 7.53. The molecule has 0 fully saturated rings. The van der Waals surface area contributed by atoms with E-state index in [0.29, 0.717) is 34.1 Å². The van der Waals surface area contributed by atoms with Crippen LogP contribution in [0.4, 0.5) is 0 Å². The third kappa shape index (κ3) is 4.17. The summed E-state index contributed by atoms with van der Waals surface area (Å²) in [6.45, 7) is 0.176. The Morgan fingerprint density at radius 1 is 1.21 bits per heavy atom. The first-order valence-electron chi connectivity index (χ1n) is 8.32. The molecule has 10 heteroatoms. The summed E-state index contributed by atoms with van der Waals surface area (Å²) in [7, 11) is 5.74. The predicted molar refractivity (Wildman–Crippen MR) is 104 cm³/mol. The van der Waals surface area contributed by atoms with Crippen molar-refractivity contribution in [3.63, 3.8) is 0 Å². The van der Waals surface area contributed by atoms with Crippen LogP contribution in [0.25, 0.3) is 11.1 Å². The van der Waals surface area contributed by atoms with Gasteiger partial charge in [-0.2, -0.15) is 0 Å². The van der Waals surface area contributed by atoms with Crippen molar-refractivity contribution in [2.24, 2.45) is 5.73 Å². The minimum absolute atomic E-state index is 0.0211. The lowest BCUT2D eigenvalue weighted by Crippen LogP contribution is -2.35. The van der Waals surface area contributed by atoms with Crippen molar-refractivity contribution in [1.29, 1.82) is 0 Å². The average Bonchev–Trinajstić information content (AvgIpc) is 3.05. The van der Waals surface area contributed by atoms with Crippen molar-refractivity contribution < 1.29 is 28.8 Å². The van der Waals surface area contributed by atoms with Crippen LogP contribution in [0.3, 0.4) is 0 Å². The number of aliphatic hydroxyl groups excluding tert-OH is 1. The van der Waals surface area contributed by atoms with Gasteiger partial charge >= 0.3 is 5.97 Å². The van der Waals surface area contributed by atoms with Crippen LogP contribution in [0.5, 0.6) is 17.2 Å². The van der Waals surface area contributed by atoms with E-state index in [1.165, 1.54) is 28.4 Å². The molecule has 0 unspecified atom stereocenters. The highest BCUT2D eigenvalue weighted by Crippen LogP contribution is 2.47. The van der Waals surface area contributed by atoms with Crippen LogP contribution in [0.2, 0.25) is 5.02 Å². The van der Waals surface area contributed by atoms with Gasteiger partial charge in [0.1, 0.15) is 11.9 Å². The zero-order valence-electron chi connectivity index (χ0n) is 16.1. The summed E-state index contributed by atoms with van der Waals surface area (Å²) < 4.78 is 21.0. The molecule has 0 radical (unpaired) electrons. The van der Waals surface area contributed by atoms with Gasteiger partial charge in [-0.05, 0) is 12.1 Å². The topological polar surface area (TPSA) is 128 Å². The van der Waals surface area contributed by atoms with Crippen molar-refractivity contribution in [3.8, 4) is 28.4 Å². The normalized spacial score (nSPS) is 11.8. The van der Waals surface area contributed by atoms with Gasteiger partial charge in [-0.15, -0.1) is 0 Å². The summed E-state index contributed by atoms with van der Waals surface area (Å²) in [4.78, 5) is 15.0. The van der Waals surface area contributed by atoms with Gasteiger partial charge in [0.05, 0.1) is 33.5 Å². The third-order valence-electron chi connectivity index (χ3n) is 4.12. The molecular formula is C18H24ClN3O6. The zero-order chi connectivity index (χ0) is 20.8. The fourth-order valence-electron chi connectivity index (χ4n) is 2.78. The molecule has 0 aliphatic carbocycles. The highest BCUT2D eigenvalue weighted by atomic mass is 35.5. The fraction of sp³-hybridized carbons (Fsp3) is 0.389. The van der Waals surface area contributed by atoms with Crippen LogP contribution in [0.1, 0.15) is 16.2 Å². The number of halogens is 1. The fourth-order valence-corrected chi connectivity index (χ4v) is 3.12. The van der Waals surface area contributed by atoms with Crippen LogP contribution in [0, 0.1) is 0 Å². The molecule has 0 spiro atoms. The van der Waals surface area contributed by atoms with E-state index in [-0.39, 0.29) is 23.8 Å². The largest absolute Gasteiger partial charge is 0.493 e. The summed E-state index contributed by atoms with van der Waals surface area (Å²) >= 11 is 6.51. The quantitative estimate of drug-likeness (QED) is 0.360. The lowest BCUT2D eigenvalue weighted by molar-refractivity contribution is 0.0595. The number of H-pyrrole nitrogens is 1. The molecule has 0 aliphatic rings. The number of rotatable bonds is 9. The number of hydrogen-bond acceptors (Lipinski definition) is 8. The van der Waals surface area contributed by atoms with Gasteiger partial charge in [-0.25, -0.2) is 4.79 Å². The summed E-state index contributed by atoms with van der Waals surface area (Å²) in [6.07, 6.45) is -0.927. The summed E-state index contributed by atoms with van der Waals surface area (Å²) in [5.74, 6) is 0.595. The minimum Gasteiger partial charge on any atom is -0.493 e. The highest BCUT2D eigenvalue weighted by Gasteiger charge is 2.27. The molecular weight excluding hydrogens is 390 g/mol. The van der Waals surface area contributed by atoms with Gasteiger partial charge < -0.3 is 34.8 Å². The van der Waals surface area contributed by atoms with Gasteiger partial charge in [0, 0.05) is 29.9 Å². The smallest absolute Gasteiger partial charge is 0.356 e. The summed E-state index contributed by atoms with van der Waals surface area (Å²) in [5, 5.41) is 12.7. The van der Waals surface area contributed by atoms with Gasteiger partial charge in [0.2, 0.25) is 5.75 Å². The highest BCUT2D eigenvalue weighted by molar-refractivity contribution is 6.36. The Morgan fingerprint density at radius 2 is 1.89 bits per heavy atom. The van der Waals surface area contributed by atoms with E-state index in [0.717, 1.165) is 0 Å². The first kappa shape index (κ1) is 21.8. The molecule has 1 heterocycles. The SMILES string of the molecule is COC(=O)c1[nH]c(CN[C@H](O)CN)c(-c2ccc(OC)c(OC)c2OC)c1Cl. The molecule has 0 saturated heterocycles. The number of nitrogens with one attached hydrogen (secondary N) is 2. The van der Waals surface area contributed by atoms with E-state index in [2.05, 4.69) is 10.3 Å². The van der Waals surface area contributed by atoms with Crippen molar-refractivity contribution in [2.75, 3.05) is 35.0 Å². The second-order valence-electron chi connectivity index (χ2n) is 5.67. The number of methoxy groups -OCH3 is 4. The van der Waals surface area contributed by atoms with Crippen molar-refractivity contribution in [1.82, 2.24) is 10.3 Å². The molecule has 1 aromatic heterocycles. The van der Waals surface area contributed by atoms with Crippen molar-refractivity contribution >= 4 is 17.6 Å². The maximum Gasteiger partial charge on any atom is 0.356 e. The molecule has 1 atom stereocenters. The lowest BCUT2D eigenvalue weighted by Gasteiger charge is -2.17. The van der Waals surface area contributed by atoms with Crippen LogP contribution in [-0.2, 0) is 11.3 Å². The Morgan fingerprint density at radius 3 is 2.43 bits per heavy atom. The maximum absolute atomic E-state index is 12.1. The monoisotopic (exact) mass is 413 g/mol. The number of aliphatic hydroxyl groups is 1. The number of ether oxygens (including phenoxy) is 4. The van der Waals surface area contributed by atoms with E-state index in [1.54, 1.807) is 12.1 Å². The van der Waals surface area contributed by atoms with E-state index < -0.39 is 12.2 Å². The van der Waals surface area contributed by atoms with E-state index in [4.69, 9.17) is 36.3 Å². The molecule has 28 heavy (non-hydrogen) atoms. The lowest BCUT2D eigenvalue weighted by atomic mass is 10.0. The standard InChI is InChI=1S/C18H24ClN3O6/c1-25-11-6-5-9(16(26-2)17(11)27-3)13-10(8-21-12(23)7-20)22-15(14(13)19)18(24)28-4/h5-6,12,21-23H,7-8,20H2,1-4H3/t12-/m1/s1. The molecule has 0 saturated carbocycles. The Hall–Kier alpha value is -2.46.